The molecule has 0 aliphatic carbocycles. The number of benzene rings is 1. The second-order valence-corrected chi connectivity index (χ2v) is 6.38. The lowest BCUT2D eigenvalue weighted by Gasteiger charge is -2.27. The Kier molecular flexibility index (Phi) is 3.83. The maximum Gasteiger partial charge on any atom is 0.305 e. The highest BCUT2D eigenvalue weighted by Gasteiger charge is 2.27. The fourth-order valence-electron chi connectivity index (χ4n) is 2.74. The van der Waals surface area contributed by atoms with Crippen molar-refractivity contribution in [1.82, 2.24) is 0 Å². The van der Waals surface area contributed by atoms with Gasteiger partial charge in [-0.25, -0.2) is 0 Å². The standard InChI is InChI=1S/C16H23NO2/c1-16(2,3)12-6-8-13(9-7-12)17-10-4-5-14(17)11-15(18)19/h6-9,14H,4-5,10-11H2,1-3H3,(H,18,19). The third-order valence-electron chi connectivity index (χ3n) is 3.85. The first-order valence-corrected chi connectivity index (χ1v) is 6.97. The molecule has 2 rings (SSSR count). The van der Waals surface area contributed by atoms with Crippen LogP contribution in [0.4, 0.5) is 5.69 Å². The molecule has 1 N–H and O–H groups in total. The number of nitrogens with zero attached hydrogens (tertiary/aromatic N) is 1. The van der Waals surface area contributed by atoms with Crippen LogP contribution in [0, 0.1) is 0 Å². The van der Waals surface area contributed by atoms with E-state index in [1.807, 2.05) is 0 Å². The van der Waals surface area contributed by atoms with Gasteiger partial charge in [0.2, 0.25) is 0 Å². The van der Waals surface area contributed by atoms with Gasteiger partial charge in [0.05, 0.1) is 6.42 Å². The third kappa shape index (κ3) is 3.28. The van der Waals surface area contributed by atoms with E-state index in [-0.39, 0.29) is 17.9 Å². The molecule has 1 aliphatic heterocycles. The summed E-state index contributed by atoms with van der Waals surface area (Å²) in [5.41, 5.74) is 2.62. The van der Waals surface area contributed by atoms with Crippen molar-refractivity contribution in [2.75, 3.05) is 11.4 Å². The number of carboxylic acid groups (broad SMARTS) is 1. The van der Waals surface area contributed by atoms with Crippen molar-refractivity contribution in [2.45, 2.75) is 51.5 Å². The maximum absolute atomic E-state index is 10.9. The molecule has 1 aliphatic rings. The molecule has 3 heteroatoms. The number of hydrogen-bond acceptors (Lipinski definition) is 2. The Morgan fingerprint density at radius 2 is 1.95 bits per heavy atom. The fourth-order valence-corrected chi connectivity index (χ4v) is 2.74. The van der Waals surface area contributed by atoms with E-state index in [0.29, 0.717) is 0 Å². The van der Waals surface area contributed by atoms with Gasteiger partial charge in [0, 0.05) is 18.3 Å². The van der Waals surface area contributed by atoms with Crippen molar-refractivity contribution in [3.63, 3.8) is 0 Å². The number of rotatable bonds is 3. The predicted molar refractivity (Wildman–Crippen MR) is 77.8 cm³/mol. The topological polar surface area (TPSA) is 40.5 Å². The predicted octanol–water partition coefficient (Wildman–Crippen LogP) is 3.43. The molecule has 104 valence electrons. The van der Waals surface area contributed by atoms with Crippen LogP contribution in [0.1, 0.15) is 45.6 Å². The molecule has 1 aromatic rings. The molecule has 1 atom stereocenters. The highest BCUT2D eigenvalue weighted by Crippen LogP contribution is 2.30. The first-order valence-electron chi connectivity index (χ1n) is 6.97. The minimum atomic E-state index is -0.705. The van der Waals surface area contributed by atoms with E-state index >= 15 is 0 Å². The molecule has 0 radical (unpaired) electrons. The quantitative estimate of drug-likeness (QED) is 0.906. The molecule has 1 fully saturated rings. The number of anilines is 1. The molecule has 0 aromatic heterocycles. The molecular formula is C16H23NO2. The molecule has 0 bridgehead atoms. The Bertz CT molecular complexity index is 445. The summed E-state index contributed by atoms with van der Waals surface area (Å²) in [7, 11) is 0. The van der Waals surface area contributed by atoms with Crippen LogP contribution in [0.25, 0.3) is 0 Å². The van der Waals surface area contributed by atoms with Crippen LogP contribution in [0.2, 0.25) is 0 Å². The zero-order chi connectivity index (χ0) is 14.0. The van der Waals surface area contributed by atoms with E-state index in [9.17, 15) is 4.79 Å². The van der Waals surface area contributed by atoms with E-state index in [4.69, 9.17) is 5.11 Å². The molecule has 0 spiro atoms. The van der Waals surface area contributed by atoms with Crippen molar-refractivity contribution >= 4 is 11.7 Å². The van der Waals surface area contributed by atoms with Gasteiger partial charge in [-0.15, -0.1) is 0 Å². The minimum absolute atomic E-state index is 0.151. The van der Waals surface area contributed by atoms with Crippen LogP contribution >= 0.6 is 0 Å². The summed E-state index contributed by atoms with van der Waals surface area (Å²) in [6.45, 7) is 7.56. The fraction of sp³-hybridized carbons (Fsp3) is 0.562. The molecule has 1 heterocycles. The molecule has 19 heavy (non-hydrogen) atoms. The largest absolute Gasteiger partial charge is 0.481 e. The van der Waals surface area contributed by atoms with E-state index in [1.54, 1.807) is 0 Å². The summed E-state index contributed by atoms with van der Waals surface area (Å²) < 4.78 is 0. The van der Waals surface area contributed by atoms with Gasteiger partial charge in [-0.1, -0.05) is 32.9 Å². The van der Waals surface area contributed by atoms with Gasteiger partial charge in [0.15, 0.2) is 0 Å². The molecule has 1 saturated heterocycles. The lowest BCUT2D eigenvalue weighted by Crippen LogP contribution is -2.31. The van der Waals surface area contributed by atoms with E-state index < -0.39 is 5.97 Å². The summed E-state index contributed by atoms with van der Waals surface area (Å²) in [6.07, 6.45) is 2.30. The lowest BCUT2D eigenvalue weighted by atomic mass is 9.87. The van der Waals surface area contributed by atoms with Crippen LogP contribution < -0.4 is 4.90 Å². The zero-order valence-electron chi connectivity index (χ0n) is 12.0. The maximum atomic E-state index is 10.9. The number of aliphatic carboxylic acids is 1. The second kappa shape index (κ2) is 5.24. The van der Waals surface area contributed by atoms with E-state index in [1.165, 1.54) is 5.56 Å². The van der Waals surface area contributed by atoms with Crippen molar-refractivity contribution in [3.05, 3.63) is 29.8 Å². The highest BCUT2D eigenvalue weighted by molar-refractivity contribution is 5.69. The van der Waals surface area contributed by atoms with Crippen molar-refractivity contribution < 1.29 is 9.90 Å². The molecule has 0 amide bonds. The zero-order valence-corrected chi connectivity index (χ0v) is 12.0. The van der Waals surface area contributed by atoms with Gasteiger partial charge >= 0.3 is 5.97 Å². The minimum Gasteiger partial charge on any atom is -0.481 e. The van der Waals surface area contributed by atoms with Crippen LogP contribution in [-0.2, 0) is 10.2 Å². The smallest absolute Gasteiger partial charge is 0.305 e. The second-order valence-electron chi connectivity index (χ2n) is 6.38. The molecular weight excluding hydrogens is 238 g/mol. The number of hydrogen-bond donors (Lipinski definition) is 1. The first-order chi connectivity index (χ1) is 8.88. The first kappa shape index (κ1) is 13.9. The van der Waals surface area contributed by atoms with Crippen LogP contribution in [0.5, 0.6) is 0 Å². The summed E-state index contributed by atoms with van der Waals surface area (Å²) in [4.78, 5) is 13.1. The van der Waals surface area contributed by atoms with E-state index in [0.717, 1.165) is 25.1 Å². The molecule has 0 saturated carbocycles. The van der Waals surface area contributed by atoms with E-state index in [2.05, 4.69) is 49.9 Å². The van der Waals surface area contributed by atoms with Gasteiger partial charge in [-0.3, -0.25) is 4.79 Å². The van der Waals surface area contributed by atoms with Crippen molar-refractivity contribution in [2.24, 2.45) is 0 Å². The normalized spacial score (nSPS) is 19.7. The van der Waals surface area contributed by atoms with Gasteiger partial charge in [-0.05, 0) is 36.0 Å². The average Bonchev–Trinajstić information content (AvgIpc) is 2.75. The molecule has 3 nitrogen and oxygen atoms in total. The van der Waals surface area contributed by atoms with Gasteiger partial charge in [0.1, 0.15) is 0 Å². The average molecular weight is 261 g/mol. The third-order valence-corrected chi connectivity index (χ3v) is 3.85. The van der Waals surface area contributed by atoms with Gasteiger partial charge in [-0.2, -0.15) is 0 Å². The Morgan fingerprint density at radius 1 is 1.32 bits per heavy atom. The highest BCUT2D eigenvalue weighted by atomic mass is 16.4. The number of carbonyl (C=O) groups is 1. The van der Waals surface area contributed by atoms with Crippen molar-refractivity contribution in [1.29, 1.82) is 0 Å². The summed E-state index contributed by atoms with van der Waals surface area (Å²) in [5, 5.41) is 8.96. The monoisotopic (exact) mass is 261 g/mol. The van der Waals surface area contributed by atoms with Gasteiger partial charge < -0.3 is 10.0 Å². The van der Waals surface area contributed by atoms with Crippen LogP contribution in [0.15, 0.2) is 24.3 Å². The SMILES string of the molecule is CC(C)(C)c1ccc(N2CCCC2CC(=O)O)cc1. The Hall–Kier alpha value is -1.51. The van der Waals surface area contributed by atoms with Crippen molar-refractivity contribution in [3.8, 4) is 0 Å². The Morgan fingerprint density at radius 3 is 2.47 bits per heavy atom. The summed E-state index contributed by atoms with van der Waals surface area (Å²) in [6, 6.07) is 8.72. The number of carboxylic acids is 1. The molecule has 1 unspecified atom stereocenters. The molecule has 1 aromatic carbocycles. The van der Waals surface area contributed by atoms with Crippen LogP contribution in [-0.4, -0.2) is 23.7 Å². The lowest BCUT2D eigenvalue weighted by molar-refractivity contribution is -0.137. The summed E-state index contributed by atoms with van der Waals surface area (Å²) in [5.74, 6) is -0.705. The van der Waals surface area contributed by atoms with Gasteiger partial charge in [0.25, 0.3) is 0 Å². The summed E-state index contributed by atoms with van der Waals surface area (Å²) >= 11 is 0. The Labute approximate surface area is 115 Å². The van der Waals surface area contributed by atoms with Crippen LogP contribution in [0.3, 0.4) is 0 Å². The Balaban J connectivity index is 2.15.